The Balaban J connectivity index is 1.78. The van der Waals surface area contributed by atoms with Crippen LogP contribution < -0.4 is 21.7 Å². The zero-order valence-electron chi connectivity index (χ0n) is 23.8. The molecule has 0 spiro atoms. The van der Waals surface area contributed by atoms with Crippen molar-refractivity contribution >= 4 is 34.6 Å². The van der Waals surface area contributed by atoms with E-state index in [0.717, 1.165) is 16.5 Å². The predicted octanol–water partition coefficient (Wildman–Crippen LogP) is 0.952. The normalized spacial score (nSPS) is 15.5. The highest BCUT2D eigenvalue weighted by Crippen LogP contribution is 2.19. The molecule has 12 nitrogen and oxygen atoms in total. The molecule has 1 aromatic heterocycles. The summed E-state index contributed by atoms with van der Waals surface area (Å²) in [5, 5.41) is 37.5. The van der Waals surface area contributed by atoms with Gasteiger partial charge in [0.15, 0.2) is 6.04 Å². The van der Waals surface area contributed by atoms with E-state index < -0.39 is 54.0 Å². The summed E-state index contributed by atoms with van der Waals surface area (Å²) in [5.74, 6) is -3.81. The van der Waals surface area contributed by atoms with Crippen molar-refractivity contribution < 1.29 is 34.5 Å². The van der Waals surface area contributed by atoms with Crippen LogP contribution in [-0.4, -0.2) is 74.3 Å². The number of carboxylic acids is 1. The summed E-state index contributed by atoms with van der Waals surface area (Å²) in [5.41, 5.74) is 8.58. The summed E-state index contributed by atoms with van der Waals surface area (Å²) in [6.45, 7) is 4.85. The van der Waals surface area contributed by atoms with Gasteiger partial charge in [-0.05, 0) is 48.6 Å². The molecule has 1 heterocycles. The summed E-state index contributed by atoms with van der Waals surface area (Å²) in [6, 6.07) is 8.71. The highest BCUT2D eigenvalue weighted by atomic mass is 16.4. The zero-order chi connectivity index (χ0) is 31.0. The second-order valence-electron chi connectivity index (χ2n) is 10.5. The van der Waals surface area contributed by atoms with Crippen LogP contribution >= 0.6 is 0 Å². The molecule has 3 aromatic rings. The number of H-pyrrole nitrogens is 1. The summed E-state index contributed by atoms with van der Waals surface area (Å²) in [7, 11) is 0. The monoisotopic (exact) mass is 581 g/mol. The van der Waals surface area contributed by atoms with E-state index in [4.69, 9.17) is 5.73 Å². The molecule has 42 heavy (non-hydrogen) atoms. The van der Waals surface area contributed by atoms with Gasteiger partial charge in [0.25, 0.3) is 0 Å². The lowest BCUT2D eigenvalue weighted by atomic mass is 9.96. The van der Waals surface area contributed by atoms with Gasteiger partial charge in [-0.2, -0.15) is 0 Å². The van der Waals surface area contributed by atoms with E-state index in [9.17, 15) is 34.5 Å². The van der Waals surface area contributed by atoms with Crippen LogP contribution in [0.2, 0.25) is 0 Å². The lowest BCUT2D eigenvalue weighted by Gasteiger charge is -2.28. The number of aromatic hydroxyl groups is 1. The fourth-order valence-corrected chi connectivity index (χ4v) is 4.57. The molecule has 6 atom stereocenters. The van der Waals surface area contributed by atoms with Crippen molar-refractivity contribution in [1.29, 1.82) is 0 Å². The molecule has 3 amide bonds. The van der Waals surface area contributed by atoms with Gasteiger partial charge in [0, 0.05) is 23.5 Å². The first-order valence-electron chi connectivity index (χ1n) is 13.8. The number of phenolic OH excluding ortho intramolecular Hbond substituents is 1. The van der Waals surface area contributed by atoms with Gasteiger partial charge in [-0.15, -0.1) is 0 Å². The van der Waals surface area contributed by atoms with Crippen LogP contribution in [0.25, 0.3) is 10.9 Å². The van der Waals surface area contributed by atoms with Gasteiger partial charge in [-0.1, -0.05) is 50.6 Å². The minimum Gasteiger partial charge on any atom is -0.508 e. The lowest BCUT2D eigenvalue weighted by Crippen LogP contribution is -2.60. The molecule has 226 valence electrons. The molecule has 0 radical (unpaired) electrons. The van der Waals surface area contributed by atoms with Crippen molar-refractivity contribution in [3.63, 3.8) is 0 Å². The van der Waals surface area contributed by atoms with Crippen LogP contribution in [-0.2, 0) is 32.0 Å². The highest BCUT2D eigenvalue weighted by Gasteiger charge is 2.33. The number of rotatable bonds is 14. The van der Waals surface area contributed by atoms with Gasteiger partial charge >= 0.3 is 5.97 Å². The van der Waals surface area contributed by atoms with E-state index in [-0.39, 0.29) is 24.5 Å². The van der Waals surface area contributed by atoms with E-state index >= 15 is 0 Å². The number of aliphatic hydroxyl groups is 1. The fraction of sp³-hybridized carbons (Fsp3) is 0.400. The van der Waals surface area contributed by atoms with E-state index in [2.05, 4.69) is 20.9 Å². The highest BCUT2D eigenvalue weighted by molar-refractivity contribution is 5.94. The number of aromatic nitrogens is 1. The maximum atomic E-state index is 13.5. The number of aliphatic carboxylic acids is 1. The first kappa shape index (κ1) is 32.1. The summed E-state index contributed by atoms with van der Waals surface area (Å²) in [4.78, 5) is 54.6. The molecule has 2 aromatic carbocycles. The molecule has 6 unspecified atom stereocenters. The smallest absolute Gasteiger partial charge is 0.328 e. The number of phenols is 1. The Hall–Kier alpha value is -4.42. The van der Waals surface area contributed by atoms with E-state index in [1.807, 2.05) is 31.2 Å². The number of hydrogen-bond acceptors (Lipinski definition) is 7. The zero-order valence-corrected chi connectivity index (χ0v) is 23.8. The third-order valence-electron chi connectivity index (χ3n) is 7.30. The maximum absolute atomic E-state index is 13.5. The third kappa shape index (κ3) is 8.30. The Morgan fingerprint density at radius 1 is 0.881 bits per heavy atom. The molecule has 0 aliphatic rings. The molecule has 0 fully saturated rings. The van der Waals surface area contributed by atoms with E-state index in [1.165, 1.54) is 19.1 Å². The number of nitrogens with two attached hydrogens (primary N) is 1. The number of aromatic amines is 1. The third-order valence-corrected chi connectivity index (χ3v) is 7.30. The van der Waals surface area contributed by atoms with Gasteiger partial charge in [-0.25, -0.2) is 4.79 Å². The number of aliphatic hydroxyl groups excluding tert-OH is 1. The van der Waals surface area contributed by atoms with Crippen LogP contribution in [0.15, 0.2) is 54.7 Å². The number of nitrogens with one attached hydrogen (secondary N) is 4. The number of carboxylic acid groups (broad SMARTS) is 1. The molecule has 9 N–H and O–H groups in total. The minimum atomic E-state index is -1.61. The summed E-state index contributed by atoms with van der Waals surface area (Å²) in [6.07, 6.45) is 1.09. The average molecular weight is 582 g/mol. The second kappa shape index (κ2) is 14.5. The quantitative estimate of drug-likeness (QED) is 0.137. The van der Waals surface area contributed by atoms with Crippen LogP contribution in [0.1, 0.15) is 38.3 Å². The first-order valence-corrected chi connectivity index (χ1v) is 13.8. The molecule has 0 bridgehead atoms. The minimum absolute atomic E-state index is 0.00681. The Bertz CT molecular complexity index is 1390. The Morgan fingerprint density at radius 2 is 1.52 bits per heavy atom. The number of fused-ring (bicyclic) bond motifs is 1. The van der Waals surface area contributed by atoms with Gasteiger partial charge in [0.05, 0.1) is 12.1 Å². The largest absolute Gasteiger partial charge is 0.508 e. The molecule has 0 saturated carbocycles. The molecule has 0 aliphatic heterocycles. The molecular formula is C30H39N5O7. The average Bonchev–Trinajstić information content (AvgIpc) is 3.36. The topological polar surface area (TPSA) is 207 Å². The SMILES string of the molecule is CCC(C)C(NC(=O)C(N)Cc1c[nH]c2ccccc12)C(=O)NC(Cc1ccc(O)cc1)C(=O)NC(C(=O)O)C(C)O. The van der Waals surface area contributed by atoms with E-state index in [0.29, 0.717) is 12.0 Å². The van der Waals surface area contributed by atoms with Crippen molar-refractivity contribution in [3.8, 4) is 5.75 Å². The Morgan fingerprint density at radius 3 is 2.14 bits per heavy atom. The van der Waals surface area contributed by atoms with Crippen molar-refractivity contribution in [1.82, 2.24) is 20.9 Å². The van der Waals surface area contributed by atoms with Gasteiger partial charge in [0.1, 0.15) is 17.8 Å². The number of hydrogen-bond donors (Lipinski definition) is 8. The van der Waals surface area contributed by atoms with Crippen LogP contribution in [0.3, 0.4) is 0 Å². The maximum Gasteiger partial charge on any atom is 0.328 e. The molecular weight excluding hydrogens is 542 g/mol. The molecule has 0 saturated heterocycles. The molecule has 3 rings (SSSR count). The Kier molecular flexibility index (Phi) is 11.1. The van der Waals surface area contributed by atoms with Gasteiger partial charge in [0.2, 0.25) is 17.7 Å². The second-order valence-corrected chi connectivity index (χ2v) is 10.5. The first-order chi connectivity index (χ1) is 19.9. The fourth-order valence-electron chi connectivity index (χ4n) is 4.57. The summed E-state index contributed by atoms with van der Waals surface area (Å²) >= 11 is 0. The lowest BCUT2D eigenvalue weighted by molar-refractivity contribution is -0.145. The number of carbonyl (C=O) groups is 4. The van der Waals surface area contributed by atoms with Gasteiger partial charge < -0.3 is 42.0 Å². The van der Waals surface area contributed by atoms with Crippen molar-refractivity contribution in [3.05, 3.63) is 65.9 Å². The van der Waals surface area contributed by atoms with Gasteiger partial charge in [-0.3, -0.25) is 14.4 Å². The number of amides is 3. The number of para-hydroxylation sites is 1. The summed E-state index contributed by atoms with van der Waals surface area (Å²) < 4.78 is 0. The van der Waals surface area contributed by atoms with E-state index in [1.54, 1.807) is 25.3 Å². The number of benzene rings is 2. The van der Waals surface area contributed by atoms with Crippen LogP contribution in [0, 0.1) is 5.92 Å². The van der Waals surface area contributed by atoms with Crippen molar-refractivity contribution in [2.45, 2.75) is 70.3 Å². The predicted molar refractivity (Wildman–Crippen MR) is 156 cm³/mol. The van der Waals surface area contributed by atoms with Crippen molar-refractivity contribution in [2.24, 2.45) is 11.7 Å². The number of carbonyl (C=O) groups excluding carboxylic acids is 3. The molecule has 12 heteroatoms. The van der Waals surface area contributed by atoms with Crippen LogP contribution in [0.5, 0.6) is 5.75 Å². The van der Waals surface area contributed by atoms with Crippen LogP contribution in [0.4, 0.5) is 0 Å². The Labute approximate surface area is 243 Å². The van der Waals surface area contributed by atoms with Crippen molar-refractivity contribution in [2.75, 3.05) is 0 Å². The molecule has 0 aliphatic carbocycles. The standard InChI is InChI=1S/C30H39N5O7/c1-4-16(2)25(34-27(38)22(31)14-19-15-32-23-8-6-5-7-21(19)23)29(40)33-24(13-18-9-11-20(37)12-10-18)28(39)35-26(17(3)36)30(41)42/h5-12,15-17,22,24-26,32,36-37H,4,13-14,31H2,1-3H3,(H,33,40)(H,34,38)(H,35,39)(H,41,42).